The Morgan fingerprint density at radius 2 is 1.62 bits per heavy atom. The molecule has 0 aromatic heterocycles. The second-order valence-corrected chi connectivity index (χ2v) is 9.40. The molecule has 6 heteroatoms. The summed E-state index contributed by atoms with van der Waals surface area (Å²) < 4.78 is 24.7. The van der Waals surface area contributed by atoms with Crippen LogP contribution in [0.25, 0.3) is 0 Å². The van der Waals surface area contributed by atoms with Crippen LogP contribution in [0.4, 0.5) is 0 Å². The van der Waals surface area contributed by atoms with Gasteiger partial charge >= 0.3 is 13.5 Å². The fraction of sp³-hybridized carbons (Fsp3) is 0.650. The van der Waals surface area contributed by atoms with E-state index in [1.54, 1.807) is 13.8 Å². The Labute approximate surface area is 158 Å². The van der Waals surface area contributed by atoms with Crippen molar-refractivity contribution in [3.05, 3.63) is 29.3 Å². The molecule has 5 nitrogen and oxygen atoms in total. The van der Waals surface area contributed by atoms with Crippen molar-refractivity contribution in [2.75, 3.05) is 12.8 Å². The zero-order valence-corrected chi connectivity index (χ0v) is 18.1. The predicted molar refractivity (Wildman–Crippen MR) is 107 cm³/mol. The molecule has 0 spiro atoms. The van der Waals surface area contributed by atoms with E-state index < -0.39 is 19.5 Å². The molecular formula is C20H34NO4P. The summed E-state index contributed by atoms with van der Waals surface area (Å²) in [5.41, 5.74) is 2.05. The number of hydrogen-bond acceptors (Lipinski definition) is 4. The fourth-order valence-corrected chi connectivity index (χ4v) is 4.84. The van der Waals surface area contributed by atoms with Gasteiger partial charge in [0.1, 0.15) is 11.8 Å². The fourth-order valence-electron chi connectivity index (χ4n) is 2.78. The second-order valence-electron chi connectivity index (χ2n) is 7.17. The predicted octanol–water partition coefficient (Wildman–Crippen LogP) is 5.46. The normalized spacial score (nSPS) is 15.0. The number of nitrogens with one attached hydrogen (secondary N) is 1. The lowest BCUT2D eigenvalue weighted by Crippen LogP contribution is -2.35. The Bertz CT molecular complexity index is 616. The molecule has 1 aromatic carbocycles. The number of rotatable bonds is 10. The van der Waals surface area contributed by atoms with Gasteiger partial charge in [0, 0.05) is 6.16 Å². The van der Waals surface area contributed by atoms with E-state index in [4.69, 9.17) is 9.26 Å². The summed E-state index contributed by atoms with van der Waals surface area (Å²) in [4.78, 5) is 12.0. The first kappa shape index (κ1) is 22.7. The van der Waals surface area contributed by atoms with Crippen molar-refractivity contribution in [3.8, 4) is 5.75 Å². The molecule has 0 bridgehead atoms. The van der Waals surface area contributed by atoms with Crippen molar-refractivity contribution < 1.29 is 18.6 Å². The SMILES string of the molecule is CCCP(=O)(N[C@@H](C)C(=O)OCC)Oc1c(C(C)C)cccc1C(C)C. The Kier molecular flexibility index (Phi) is 8.85. The highest BCUT2D eigenvalue weighted by Gasteiger charge is 2.31. The first-order valence-corrected chi connectivity index (χ1v) is 11.3. The van der Waals surface area contributed by atoms with Crippen molar-refractivity contribution in [1.82, 2.24) is 5.09 Å². The van der Waals surface area contributed by atoms with Crippen molar-refractivity contribution in [2.24, 2.45) is 0 Å². The lowest BCUT2D eigenvalue weighted by Gasteiger charge is -2.27. The second kappa shape index (κ2) is 10.1. The lowest BCUT2D eigenvalue weighted by atomic mass is 9.94. The number of hydrogen-bond donors (Lipinski definition) is 1. The molecule has 1 aromatic rings. The molecule has 0 aliphatic carbocycles. The van der Waals surface area contributed by atoms with Crippen molar-refractivity contribution in [3.63, 3.8) is 0 Å². The van der Waals surface area contributed by atoms with Gasteiger partial charge in [0.25, 0.3) is 0 Å². The third-order valence-corrected chi connectivity index (χ3v) is 6.40. The molecule has 0 fully saturated rings. The molecule has 0 amide bonds. The molecule has 0 radical (unpaired) electrons. The molecule has 1 unspecified atom stereocenters. The van der Waals surface area contributed by atoms with Crippen LogP contribution in [0.5, 0.6) is 5.75 Å². The van der Waals surface area contributed by atoms with Gasteiger partial charge in [0.15, 0.2) is 0 Å². The number of carbonyl (C=O) groups is 1. The van der Waals surface area contributed by atoms with Crippen LogP contribution < -0.4 is 9.61 Å². The van der Waals surface area contributed by atoms with E-state index in [1.807, 2.05) is 25.1 Å². The number of carbonyl (C=O) groups excluding carboxylic acids is 1. The summed E-state index contributed by atoms with van der Waals surface area (Å²) in [6, 6.07) is 5.34. The maximum atomic E-state index is 13.5. The molecular weight excluding hydrogens is 349 g/mol. The molecule has 0 aliphatic heterocycles. The van der Waals surface area contributed by atoms with Crippen LogP contribution in [0.3, 0.4) is 0 Å². The standard InChI is InChI=1S/C20H34NO4P/c1-8-13-26(23,21-16(7)20(22)24-9-2)25-19-17(14(3)4)11-10-12-18(19)15(5)6/h10-12,14-16H,8-9,13H2,1-7H3,(H,21,23)/t16-,26?/m0/s1. The van der Waals surface area contributed by atoms with E-state index in [9.17, 15) is 9.36 Å². The van der Waals surface area contributed by atoms with Crippen molar-refractivity contribution in [1.29, 1.82) is 0 Å². The van der Waals surface area contributed by atoms with Crippen molar-refractivity contribution in [2.45, 2.75) is 72.8 Å². The molecule has 0 aliphatic rings. The third kappa shape index (κ3) is 6.14. The quantitative estimate of drug-likeness (QED) is 0.429. The Morgan fingerprint density at radius 3 is 2.04 bits per heavy atom. The van der Waals surface area contributed by atoms with Gasteiger partial charge in [-0.05, 0) is 43.2 Å². The topological polar surface area (TPSA) is 64.6 Å². The van der Waals surface area contributed by atoms with Crippen LogP contribution in [-0.4, -0.2) is 24.8 Å². The zero-order valence-electron chi connectivity index (χ0n) is 17.2. The van der Waals surface area contributed by atoms with E-state index in [0.717, 1.165) is 11.1 Å². The maximum absolute atomic E-state index is 13.5. The van der Waals surface area contributed by atoms with Gasteiger partial charge in [-0.1, -0.05) is 52.8 Å². The van der Waals surface area contributed by atoms with Gasteiger partial charge in [-0.15, -0.1) is 0 Å². The van der Waals surface area contributed by atoms with Crippen LogP contribution in [0, 0.1) is 0 Å². The van der Waals surface area contributed by atoms with Crippen LogP contribution in [0.1, 0.15) is 77.8 Å². The molecule has 26 heavy (non-hydrogen) atoms. The van der Waals surface area contributed by atoms with E-state index >= 15 is 0 Å². The summed E-state index contributed by atoms with van der Waals surface area (Å²) in [5.74, 6) is 0.731. The largest absolute Gasteiger partial charge is 0.465 e. The minimum absolute atomic E-state index is 0.237. The van der Waals surface area contributed by atoms with Crippen LogP contribution in [-0.2, 0) is 14.1 Å². The maximum Gasteiger partial charge on any atom is 0.323 e. The van der Waals surface area contributed by atoms with Gasteiger partial charge in [-0.25, -0.2) is 5.09 Å². The number of para-hydroxylation sites is 1. The highest BCUT2D eigenvalue weighted by molar-refractivity contribution is 7.57. The molecule has 148 valence electrons. The minimum Gasteiger partial charge on any atom is -0.465 e. The average Bonchev–Trinajstić information content (AvgIpc) is 2.54. The monoisotopic (exact) mass is 383 g/mol. The molecule has 1 rings (SSSR count). The zero-order chi connectivity index (χ0) is 19.9. The number of esters is 1. The van der Waals surface area contributed by atoms with Gasteiger partial charge < -0.3 is 9.26 Å². The van der Waals surface area contributed by atoms with Gasteiger partial charge in [0.2, 0.25) is 0 Å². The summed E-state index contributed by atoms with van der Waals surface area (Å²) in [6.45, 7) is 14.0. The molecule has 1 N–H and O–H groups in total. The number of benzene rings is 1. The van der Waals surface area contributed by atoms with E-state index in [2.05, 4.69) is 32.8 Å². The van der Waals surface area contributed by atoms with E-state index in [1.165, 1.54) is 0 Å². The van der Waals surface area contributed by atoms with E-state index in [-0.39, 0.29) is 18.4 Å². The molecule has 2 atom stereocenters. The first-order chi connectivity index (χ1) is 12.1. The summed E-state index contributed by atoms with van der Waals surface area (Å²) >= 11 is 0. The Balaban J connectivity index is 3.24. The van der Waals surface area contributed by atoms with E-state index in [0.29, 0.717) is 18.3 Å². The molecule has 0 heterocycles. The summed E-state index contributed by atoms with van der Waals surface area (Å²) in [7, 11) is -3.26. The highest BCUT2D eigenvalue weighted by Crippen LogP contribution is 2.48. The van der Waals surface area contributed by atoms with Crippen molar-refractivity contribution >= 4 is 13.5 Å². The molecule has 0 saturated carbocycles. The first-order valence-electron chi connectivity index (χ1n) is 9.51. The smallest absolute Gasteiger partial charge is 0.323 e. The Hall–Kier alpha value is -1.32. The van der Waals surface area contributed by atoms with Gasteiger partial charge in [0.05, 0.1) is 6.61 Å². The van der Waals surface area contributed by atoms with Crippen LogP contribution in [0.2, 0.25) is 0 Å². The van der Waals surface area contributed by atoms with Crippen LogP contribution in [0.15, 0.2) is 18.2 Å². The lowest BCUT2D eigenvalue weighted by molar-refractivity contribution is -0.144. The van der Waals surface area contributed by atoms with Crippen LogP contribution >= 0.6 is 7.52 Å². The minimum atomic E-state index is -3.26. The molecule has 0 saturated heterocycles. The van der Waals surface area contributed by atoms with Gasteiger partial charge in [-0.3, -0.25) is 9.36 Å². The number of ether oxygens (including phenoxy) is 1. The highest BCUT2D eigenvalue weighted by atomic mass is 31.2. The van der Waals surface area contributed by atoms with Gasteiger partial charge in [-0.2, -0.15) is 0 Å². The third-order valence-electron chi connectivity index (χ3n) is 4.11. The summed E-state index contributed by atoms with van der Waals surface area (Å²) in [5, 5.41) is 2.92. The average molecular weight is 383 g/mol. The Morgan fingerprint density at radius 1 is 1.08 bits per heavy atom. The summed E-state index contributed by atoms with van der Waals surface area (Å²) in [6.07, 6.45) is 1.03.